The first-order valence-electron chi connectivity index (χ1n) is 6.33. The molecule has 0 aromatic heterocycles. The summed E-state index contributed by atoms with van der Waals surface area (Å²) in [6, 6.07) is 9.26. The number of carbonyl (C=O) groups excluding carboxylic acids is 1. The van der Waals surface area contributed by atoms with Gasteiger partial charge in [0.25, 0.3) is 0 Å². The second-order valence-corrected chi connectivity index (χ2v) is 4.64. The lowest BCUT2D eigenvalue weighted by Crippen LogP contribution is -2.49. The monoisotopic (exact) mass is 288 g/mol. The summed E-state index contributed by atoms with van der Waals surface area (Å²) in [5.41, 5.74) is 0.826. The molecule has 1 unspecified atom stereocenters. The van der Waals surface area contributed by atoms with Crippen LogP contribution in [0.4, 0.5) is 0 Å². The van der Waals surface area contributed by atoms with Crippen LogP contribution in [0.5, 0.6) is 0 Å². The van der Waals surface area contributed by atoms with Gasteiger partial charge in [-0.1, -0.05) is 36.4 Å². The number of Topliss-reactive ketones (excluding diaryl/α,β-unsaturated/α-hetero) is 1. The average Bonchev–Trinajstić information content (AvgIpc) is 2.46. The Morgan fingerprint density at radius 3 is 2.57 bits per heavy atom. The minimum atomic E-state index is -2.38. The lowest BCUT2D eigenvalue weighted by Gasteiger charge is -2.29. The Kier molecular flexibility index (Phi) is 4.37. The Morgan fingerprint density at radius 1 is 1.29 bits per heavy atom. The fourth-order valence-corrected chi connectivity index (χ4v) is 2.03. The molecule has 0 heterocycles. The van der Waals surface area contributed by atoms with E-state index in [4.69, 9.17) is 4.74 Å². The highest BCUT2D eigenvalue weighted by Crippen LogP contribution is 2.25. The number of aliphatic hydroxyl groups excluding tert-OH is 1. The second-order valence-electron chi connectivity index (χ2n) is 4.64. The van der Waals surface area contributed by atoms with E-state index in [0.717, 1.165) is 11.6 Å². The Hall–Kier alpha value is -2.21. The Bertz CT molecular complexity index is 611. The molecule has 0 saturated heterocycles. The molecule has 5 nitrogen and oxygen atoms in total. The van der Waals surface area contributed by atoms with Crippen molar-refractivity contribution in [3.63, 3.8) is 0 Å². The van der Waals surface area contributed by atoms with Crippen LogP contribution in [0.2, 0.25) is 0 Å². The second kappa shape index (κ2) is 6.05. The van der Waals surface area contributed by atoms with Crippen LogP contribution < -0.4 is 0 Å². The third kappa shape index (κ3) is 3.28. The van der Waals surface area contributed by atoms with Gasteiger partial charge in [-0.25, -0.2) is 0 Å². The fourth-order valence-electron chi connectivity index (χ4n) is 2.03. The van der Waals surface area contributed by atoms with E-state index >= 15 is 0 Å². The number of carbonyl (C=O) groups is 1. The molecule has 3 N–H and O–H groups in total. The van der Waals surface area contributed by atoms with Crippen LogP contribution >= 0.6 is 0 Å². The standard InChI is InChI=1S/C16H16O5/c1-21-15-14(18)12(9-10-16(15,19)20)13(17)8-7-11-5-3-2-4-6-11/h2-10,15,17,19-20H,1H3/b8-7?,13-12-. The van der Waals surface area contributed by atoms with E-state index in [1.54, 1.807) is 6.08 Å². The van der Waals surface area contributed by atoms with Crippen LogP contribution in [0.3, 0.4) is 0 Å². The lowest BCUT2D eigenvalue weighted by molar-refractivity contribution is -0.198. The number of aliphatic hydroxyl groups is 3. The molecule has 5 heteroatoms. The molecule has 1 aromatic rings. The highest BCUT2D eigenvalue weighted by molar-refractivity contribution is 6.04. The maximum atomic E-state index is 12.1. The molecule has 2 rings (SSSR count). The van der Waals surface area contributed by atoms with E-state index in [1.165, 1.54) is 19.3 Å². The maximum absolute atomic E-state index is 12.1. The Balaban J connectivity index is 2.31. The van der Waals surface area contributed by atoms with Gasteiger partial charge in [0.1, 0.15) is 5.76 Å². The van der Waals surface area contributed by atoms with Gasteiger partial charge in [0.05, 0.1) is 5.57 Å². The summed E-state index contributed by atoms with van der Waals surface area (Å²) in [4.78, 5) is 12.1. The number of hydrogen-bond donors (Lipinski definition) is 3. The quantitative estimate of drug-likeness (QED) is 0.444. The third-order valence-corrected chi connectivity index (χ3v) is 3.13. The predicted octanol–water partition coefficient (Wildman–Crippen LogP) is 1.35. The molecule has 1 aliphatic carbocycles. The minimum Gasteiger partial charge on any atom is -0.507 e. The summed E-state index contributed by atoms with van der Waals surface area (Å²) in [7, 11) is 1.19. The van der Waals surface area contributed by atoms with Gasteiger partial charge in [-0.05, 0) is 23.8 Å². The number of ketones is 1. The number of rotatable bonds is 3. The predicted molar refractivity (Wildman–Crippen MR) is 77.2 cm³/mol. The first-order valence-corrected chi connectivity index (χ1v) is 6.33. The van der Waals surface area contributed by atoms with Crippen molar-refractivity contribution < 1.29 is 24.9 Å². The van der Waals surface area contributed by atoms with Crippen LogP contribution in [-0.4, -0.2) is 40.1 Å². The molecule has 110 valence electrons. The Labute approximate surface area is 122 Å². The van der Waals surface area contributed by atoms with Crippen LogP contribution in [0.25, 0.3) is 6.08 Å². The van der Waals surface area contributed by atoms with E-state index < -0.39 is 17.7 Å². The van der Waals surface area contributed by atoms with E-state index in [0.29, 0.717) is 0 Å². The molecule has 0 fully saturated rings. The van der Waals surface area contributed by atoms with Crippen LogP contribution in [0.1, 0.15) is 5.56 Å². The summed E-state index contributed by atoms with van der Waals surface area (Å²) in [5.74, 6) is -3.34. The molecule has 1 aliphatic rings. The van der Waals surface area contributed by atoms with E-state index in [2.05, 4.69) is 0 Å². The molecule has 1 atom stereocenters. The van der Waals surface area contributed by atoms with Crippen molar-refractivity contribution in [2.75, 3.05) is 7.11 Å². The van der Waals surface area contributed by atoms with E-state index in [1.807, 2.05) is 30.3 Å². The van der Waals surface area contributed by atoms with Gasteiger partial charge >= 0.3 is 0 Å². The van der Waals surface area contributed by atoms with Crippen molar-refractivity contribution in [3.05, 3.63) is 65.5 Å². The van der Waals surface area contributed by atoms with Gasteiger partial charge in [-0.15, -0.1) is 0 Å². The number of methoxy groups -OCH3 is 1. The summed E-state index contributed by atoms with van der Waals surface area (Å²) < 4.78 is 4.79. The third-order valence-electron chi connectivity index (χ3n) is 3.13. The molecule has 1 aromatic carbocycles. The molecule has 0 aliphatic heterocycles. The minimum absolute atomic E-state index is 0.0345. The van der Waals surface area contributed by atoms with Crippen LogP contribution in [-0.2, 0) is 9.53 Å². The van der Waals surface area contributed by atoms with Crippen molar-refractivity contribution in [2.24, 2.45) is 0 Å². The summed E-state index contributed by atoms with van der Waals surface area (Å²) >= 11 is 0. The molecule has 0 amide bonds. The van der Waals surface area contributed by atoms with Crippen molar-refractivity contribution in [1.29, 1.82) is 0 Å². The fraction of sp³-hybridized carbons (Fsp3) is 0.188. The number of benzene rings is 1. The van der Waals surface area contributed by atoms with E-state index in [-0.39, 0.29) is 11.3 Å². The largest absolute Gasteiger partial charge is 0.507 e. The van der Waals surface area contributed by atoms with Crippen molar-refractivity contribution in [3.8, 4) is 0 Å². The van der Waals surface area contributed by atoms with Crippen LogP contribution in [0.15, 0.2) is 59.9 Å². The highest BCUT2D eigenvalue weighted by Gasteiger charge is 2.42. The molecule has 21 heavy (non-hydrogen) atoms. The topological polar surface area (TPSA) is 87.0 Å². The van der Waals surface area contributed by atoms with Gasteiger partial charge in [0.15, 0.2) is 6.10 Å². The lowest BCUT2D eigenvalue weighted by atomic mass is 9.91. The normalized spacial score (nSPS) is 23.6. The average molecular weight is 288 g/mol. The summed E-state index contributed by atoms with van der Waals surface area (Å²) in [5, 5.41) is 29.2. The molecular formula is C16H16O5. The van der Waals surface area contributed by atoms with Gasteiger partial charge < -0.3 is 20.1 Å². The molecule has 0 spiro atoms. The van der Waals surface area contributed by atoms with Gasteiger partial charge in [-0.2, -0.15) is 0 Å². The van der Waals surface area contributed by atoms with Crippen molar-refractivity contribution >= 4 is 11.9 Å². The SMILES string of the molecule is COC1C(=O)/C(=C(\O)C=Cc2ccccc2)C=CC1(O)O. The number of ether oxygens (including phenoxy) is 1. The van der Waals surface area contributed by atoms with Crippen molar-refractivity contribution in [2.45, 2.75) is 11.9 Å². The first-order chi connectivity index (χ1) is 9.95. The number of allylic oxidation sites excluding steroid dienone is 2. The Morgan fingerprint density at radius 2 is 1.95 bits per heavy atom. The smallest absolute Gasteiger partial charge is 0.218 e. The summed E-state index contributed by atoms with van der Waals surface area (Å²) in [6.07, 6.45) is 3.73. The molecular weight excluding hydrogens is 272 g/mol. The maximum Gasteiger partial charge on any atom is 0.218 e. The highest BCUT2D eigenvalue weighted by atomic mass is 16.6. The summed E-state index contributed by atoms with van der Waals surface area (Å²) in [6.45, 7) is 0. The van der Waals surface area contributed by atoms with Gasteiger partial charge in [-0.3, -0.25) is 4.79 Å². The van der Waals surface area contributed by atoms with Crippen LogP contribution in [0, 0.1) is 0 Å². The zero-order valence-corrected chi connectivity index (χ0v) is 11.4. The van der Waals surface area contributed by atoms with Crippen molar-refractivity contribution in [1.82, 2.24) is 0 Å². The van der Waals surface area contributed by atoms with Gasteiger partial charge in [0.2, 0.25) is 11.6 Å². The van der Waals surface area contributed by atoms with E-state index in [9.17, 15) is 20.1 Å². The number of hydrogen-bond acceptors (Lipinski definition) is 5. The zero-order chi connectivity index (χ0) is 15.5. The first kappa shape index (κ1) is 15.2. The molecule has 0 radical (unpaired) electrons. The molecule has 0 bridgehead atoms. The zero-order valence-electron chi connectivity index (χ0n) is 11.4. The molecule has 0 saturated carbocycles. The van der Waals surface area contributed by atoms with Gasteiger partial charge in [0, 0.05) is 7.11 Å².